The summed E-state index contributed by atoms with van der Waals surface area (Å²) in [6.45, 7) is 2.29. The Morgan fingerprint density at radius 2 is 1.85 bits per heavy atom. The molecule has 2 aromatic carbocycles. The van der Waals surface area contributed by atoms with Crippen LogP contribution >= 0.6 is 0 Å². The molecule has 0 spiro atoms. The van der Waals surface area contributed by atoms with E-state index in [2.05, 4.69) is 46.7 Å². The number of alkyl halides is 3. The summed E-state index contributed by atoms with van der Waals surface area (Å²) in [6.07, 6.45) is -1.82. The Labute approximate surface area is 194 Å². The molecule has 0 bridgehead atoms. The molecule has 182 valence electrons. The van der Waals surface area contributed by atoms with Crippen LogP contribution in [-0.2, 0) is 16.0 Å². The summed E-state index contributed by atoms with van der Waals surface area (Å²) in [5.74, 6) is -1.68. The first-order chi connectivity index (χ1) is 16.2. The van der Waals surface area contributed by atoms with Crippen LogP contribution in [-0.4, -0.2) is 59.8 Å². The second kappa shape index (κ2) is 11.1. The zero-order valence-corrected chi connectivity index (χ0v) is 18.6. The molecule has 1 amide bonds. The minimum atomic E-state index is -5.08. The Morgan fingerprint density at radius 3 is 2.50 bits per heavy atom. The van der Waals surface area contributed by atoms with Crippen molar-refractivity contribution in [1.29, 1.82) is 0 Å². The Morgan fingerprint density at radius 1 is 1.15 bits per heavy atom. The number of carboxylic acids is 1. The number of benzene rings is 2. The molecule has 1 aliphatic rings. The van der Waals surface area contributed by atoms with Crippen LogP contribution in [0.4, 0.5) is 13.2 Å². The third-order valence-electron chi connectivity index (χ3n) is 5.53. The molecule has 0 aliphatic carbocycles. The largest absolute Gasteiger partial charge is 0.497 e. The fraction of sp³-hybridized carbons (Fsp3) is 0.333. The standard InChI is InChI=1S/C22H25N3O2.C2HF3O2/c1-27-19-6-4-17(5-7-19)21-15-25(13-12-24-21)22(26)9-3-16-2-8-20-18(14-16)10-11-23-20;3-2(4,5)1(6)7/h2,4-8,10-11,14,21,23-24H,3,9,12-13,15H2,1H3;(H,6,7). The van der Waals surface area contributed by atoms with Gasteiger partial charge < -0.3 is 25.0 Å². The zero-order valence-electron chi connectivity index (χ0n) is 18.6. The third kappa shape index (κ3) is 6.74. The first kappa shape index (κ1) is 25.1. The third-order valence-corrected chi connectivity index (χ3v) is 5.53. The number of carboxylic acid groups (broad SMARTS) is 1. The molecule has 3 N–H and O–H groups in total. The highest BCUT2D eigenvalue weighted by atomic mass is 19.4. The number of carbonyl (C=O) groups is 2. The Bertz CT molecular complexity index is 1110. The number of nitrogens with one attached hydrogen (secondary N) is 2. The monoisotopic (exact) mass is 477 g/mol. The molecule has 3 aromatic rings. The van der Waals surface area contributed by atoms with Gasteiger partial charge in [0.05, 0.1) is 7.11 Å². The van der Waals surface area contributed by atoms with Crippen LogP contribution < -0.4 is 10.1 Å². The van der Waals surface area contributed by atoms with Crippen LogP contribution in [0.25, 0.3) is 10.9 Å². The van der Waals surface area contributed by atoms with Crippen molar-refractivity contribution in [3.8, 4) is 5.75 Å². The molecule has 1 unspecified atom stereocenters. The van der Waals surface area contributed by atoms with E-state index in [-0.39, 0.29) is 11.9 Å². The number of aryl methyl sites for hydroxylation is 1. The molecule has 1 aliphatic heterocycles. The van der Waals surface area contributed by atoms with Crippen LogP contribution in [0.5, 0.6) is 5.75 Å². The minimum Gasteiger partial charge on any atom is -0.497 e. The Hall–Kier alpha value is -3.53. The number of hydrogen-bond acceptors (Lipinski definition) is 4. The number of carbonyl (C=O) groups excluding carboxylic acids is 1. The van der Waals surface area contributed by atoms with E-state index in [1.54, 1.807) is 7.11 Å². The van der Waals surface area contributed by atoms with Crippen molar-refractivity contribution in [3.63, 3.8) is 0 Å². The molecular formula is C24H26F3N3O4. The highest BCUT2D eigenvalue weighted by molar-refractivity contribution is 5.80. The van der Waals surface area contributed by atoms with E-state index in [1.807, 2.05) is 23.2 Å². The predicted molar refractivity (Wildman–Crippen MR) is 121 cm³/mol. The summed E-state index contributed by atoms with van der Waals surface area (Å²) in [5, 5.41) is 11.8. The first-order valence-corrected chi connectivity index (χ1v) is 10.7. The van der Waals surface area contributed by atoms with E-state index in [0.29, 0.717) is 13.0 Å². The number of H-pyrrole nitrogens is 1. The summed E-state index contributed by atoms with van der Waals surface area (Å²) in [5.41, 5.74) is 3.53. The number of piperazine rings is 1. The molecule has 1 fully saturated rings. The molecule has 1 aromatic heterocycles. The van der Waals surface area contributed by atoms with Crippen LogP contribution in [0.2, 0.25) is 0 Å². The van der Waals surface area contributed by atoms with E-state index in [4.69, 9.17) is 14.6 Å². The number of amides is 1. The van der Waals surface area contributed by atoms with E-state index in [1.165, 1.54) is 16.5 Å². The maximum atomic E-state index is 12.7. The highest BCUT2D eigenvalue weighted by Gasteiger charge is 2.38. The number of halogens is 3. The van der Waals surface area contributed by atoms with Gasteiger partial charge in [-0.3, -0.25) is 4.79 Å². The van der Waals surface area contributed by atoms with Crippen molar-refractivity contribution in [2.24, 2.45) is 0 Å². The van der Waals surface area contributed by atoms with Crippen molar-refractivity contribution in [2.45, 2.75) is 25.1 Å². The number of aromatic nitrogens is 1. The molecule has 7 nitrogen and oxygen atoms in total. The SMILES string of the molecule is COc1ccc(C2CN(C(=O)CCc3ccc4[nH]ccc4c3)CCN2)cc1.O=C(O)C(F)(F)F. The lowest BCUT2D eigenvalue weighted by Gasteiger charge is -2.34. The molecule has 0 radical (unpaired) electrons. The van der Waals surface area contributed by atoms with E-state index in [9.17, 15) is 18.0 Å². The maximum absolute atomic E-state index is 12.7. The van der Waals surface area contributed by atoms with Crippen LogP contribution in [0.15, 0.2) is 54.7 Å². The van der Waals surface area contributed by atoms with Crippen LogP contribution in [0.3, 0.4) is 0 Å². The fourth-order valence-corrected chi connectivity index (χ4v) is 3.70. The Kier molecular flexibility index (Phi) is 8.17. The van der Waals surface area contributed by atoms with Gasteiger partial charge in [-0.1, -0.05) is 18.2 Å². The van der Waals surface area contributed by atoms with Gasteiger partial charge in [0.1, 0.15) is 5.75 Å². The van der Waals surface area contributed by atoms with Gasteiger partial charge in [0.25, 0.3) is 0 Å². The van der Waals surface area contributed by atoms with Gasteiger partial charge in [-0.05, 0) is 53.3 Å². The van der Waals surface area contributed by atoms with Gasteiger partial charge in [0, 0.05) is 43.8 Å². The van der Waals surface area contributed by atoms with E-state index >= 15 is 0 Å². The van der Waals surface area contributed by atoms with Crippen molar-refractivity contribution >= 4 is 22.8 Å². The molecule has 34 heavy (non-hydrogen) atoms. The Balaban J connectivity index is 0.000000406. The molecule has 2 heterocycles. The van der Waals surface area contributed by atoms with Crippen molar-refractivity contribution in [3.05, 3.63) is 65.9 Å². The molecule has 10 heteroatoms. The van der Waals surface area contributed by atoms with Crippen LogP contribution in [0, 0.1) is 0 Å². The lowest BCUT2D eigenvalue weighted by atomic mass is 10.0. The summed E-state index contributed by atoms with van der Waals surface area (Å²) in [4.78, 5) is 26.8. The average Bonchev–Trinajstić information content (AvgIpc) is 3.30. The van der Waals surface area contributed by atoms with Crippen molar-refractivity contribution in [1.82, 2.24) is 15.2 Å². The van der Waals surface area contributed by atoms with Gasteiger partial charge >= 0.3 is 12.1 Å². The molecule has 1 saturated heterocycles. The quantitative estimate of drug-likeness (QED) is 0.518. The van der Waals surface area contributed by atoms with Gasteiger partial charge in [-0.25, -0.2) is 4.79 Å². The lowest BCUT2D eigenvalue weighted by molar-refractivity contribution is -0.192. The number of nitrogens with zero attached hydrogens (tertiary/aromatic N) is 1. The van der Waals surface area contributed by atoms with E-state index in [0.717, 1.165) is 30.8 Å². The van der Waals surface area contributed by atoms with Gasteiger partial charge in [0.2, 0.25) is 5.91 Å². The van der Waals surface area contributed by atoms with E-state index < -0.39 is 12.1 Å². The van der Waals surface area contributed by atoms with Gasteiger partial charge in [-0.2, -0.15) is 13.2 Å². The molecule has 0 saturated carbocycles. The number of rotatable bonds is 5. The maximum Gasteiger partial charge on any atom is 0.490 e. The van der Waals surface area contributed by atoms with Crippen molar-refractivity contribution < 1.29 is 32.6 Å². The molecule has 1 atom stereocenters. The van der Waals surface area contributed by atoms with Gasteiger partial charge in [-0.15, -0.1) is 0 Å². The second-order valence-electron chi connectivity index (χ2n) is 7.82. The number of methoxy groups -OCH3 is 1. The number of fused-ring (bicyclic) bond motifs is 1. The smallest absolute Gasteiger partial charge is 0.490 e. The normalized spacial score (nSPS) is 16.0. The number of aromatic amines is 1. The number of ether oxygens (including phenoxy) is 1. The zero-order chi connectivity index (χ0) is 24.7. The molecule has 4 rings (SSSR count). The van der Waals surface area contributed by atoms with Gasteiger partial charge in [0.15, 0.2) is 0 Å². The minimum absolute atomic E-state index is 0.171. The van der Waals surface area contributed by atoms with Crippen molar-refractivity contribution in [2.75, 3.05) is 26.7 Å². The fourth-order valence-electron chi connectivity index (χ4n) is 3.70. The topological polar surface area (TPSA) is 94.7 Å². The number of hydrogen-bond donors (Lipinski definition) is 3. The summed E-state index contributed by atoms with van der Waals surface area (Å²) < 4.78 is 37.0. The average molecular weight is 477 g/mol. The second-order valence-corrected chi connectivity index (χ2v) is 7.82. The number of aliphatic carboxylic acids is 1. The first-order valence-electron chi connectivity index (χ1n) is 10.7. The summed E-state index contributed by atoms with van der Waals surface area (Å²) in [6, 6.07) is 16.7. The predicted octanol–water partition coefficient (Wildman–Crippen LogP) is 3.92. The molecular weight excluding hydrogens is 451 g/mol. The lowest BCUT2D eigenvalue weighted by Crippen LogP contribution is -2.48. The van der Waals surface area contributed by atoms with Crippen LogP contribution in [0.1, 0.15) is 23.6 Å². The summed E-state index contributed by atoms with van der Waals surface area (Å²) in [7, 11) is 1.67. The highest BCUT2D eigenvalue weighted by Crippen LogP contribution is 2.21. The summed E-state index contributed by atoms with van der Waals surface area (Å²) >= 11 is 0.